The molecule has 1 unspecified atom stereocenters. The standard InChI is InChI=1S/C15H18ClN3O2S/c1-9(2)12(14(20)19(3)4)22-15-18-17-13(21-15)10-6-5-7-11(16)8-10/h5-9,12H,1-4H3. The molecule has 1 amide bonds. The topological polar surface area (TPSA) is 59.2 Å². The number of hydrogen-bond donors (Lipinski definition) is 0. The number of halogens is 1. The molecule has 2 aromatic rings. The average Bonchev–Trinajstić information content (AvgIpc) is 2.92. The van der Waals surface area contributed by atoms with Crippen molar-refractivity contribution in [2.75, 3.05) is 14.1 Å². The van der Waals surface area contributed by atoms with Crippen molar-refractivity contribution in [2.45, 2.75) is 24.3 Å². The second kappa shape index (κ2) is 7.15. The quantitative estimate of drug-likeness (QED) is 0.779. The van der Waals surface area contributed by atoms with Crippen molar-refractivity contribution in [3.8, 4) is 11.5 Å². The molecule has 0 fully saturated rings. The molecule has 1 heterocycles. The van der Waals surface area contributed by atoms with Crippen LogP contribution in [0, 0.1) is 5.92 Å². The van der Waals surface area contributed by atoms with Crippen molar-refractivity contribution in [1.82, 2.24) is 15.1 Å². The van der Waals surface area contributed by atoms with Crippen molar-refractivity contribution < 1.29 is 9.21 Å². The lowest BCUT2D eigenvalue weighted by molar-refractivity contribution is -0.128. The highest BCUT2D eigenvalue weighted by atomic mass is 35.5. The molecule has 1 atom stereocenters. The van der Waals surface area contributed by atoms with Crippen LogP contribution in [0.15, 0.2) is 33.9 Å². The van der Waals surface area contributed by atoms with Crippen LogP contribution in [0.5, 0.6) is 0 Å². The highest BCUT2D eigenvalue weighted by molar-refractivity contribution is 8.00. The smallest absolute Gasteiger partial charge is 0.277 e. The highest BCUT2D eigenvalue weighted by Gasteiger charge is 2.27. The number of amides is 1. The van der Waals surface area contributed by atoms with Crippen LogP contribution in [0.25, 0.3) is 11.5 Å². The number of carbonyl (C=O) groups excluding carboxylic acids is 1. The molecule has 0 saturated heterocycles. The maximum absolute atomic E-state index is 12.2. The number of aromatic nitrogens is 2. The average molecular weight is 340 g/mol. The summed E-state index contributed by atoms with van der Waals surface area (Å²) in [5, 5.41) is 8.76. The van der Waals surface area contributed by atoms with E-state index in [9.17, 15) is 4.79 Å². The van der Waals surface area contributed by atoms with E-state index in [-0.39, 0.29) is 17.1 Å². The molecule has 0 N–H and O–H groups in total. The maximum Gasteiger partial charge on any atom is 0.277 e. The molecule has 1 aromatic heterocycles. The number of carbonyl (C=O) groups is 1. The third-order valence-corrected chi connectivity index (χ3v) is 4.60. The summed E-state index contributed by atoms with van der Waals surface area (Å²) in [5.41, 5.74) is 0.756. The van der Waals surface area contributed by atoms with E-state index in [1.54, 1.807) is 31.1 Å². The largest absolute Gasteiger partial charge is 0.411 e. The lowest BCUT2D eigenvalue weighted by Gasteiger charge is -2.21. The Morgan fingerprint density at radius 1 is 1.32 bits per heavy atom. The van der Waals surface area contributed by atoms with Crippen molar-refractivity contribution in [1.29, 1.82) is 0 Å². The molecule has 0 aliphatic rings. The van der Waals surface area contributed by atoms with Gasteiger partial charge in [-0.3, -0.25) is 4.79 Å². The summed E-state index contributed by atoms with van der Waals surface area (Å²) < 4.78 is 5.65. The van der Waals surface area contributed by atoms with Gasteiger partial charge in [0.15, 0.2) is 0 Å². The van der Waals surface area contributed by atoms with Gasteiger partial charge in [0.05, 0.1) is 5.25 Å². The second-order valence-electron chi connectivity index (χ2n) is 5.40. The Kier molecular flexibility index (Phi) is 5.47. The van der Waals surface area contributed by atoms with Gasteiger partial charge in [-0.15, -0.1) is 10.2 Å². The minimum absolute atomic E-state index is 0.0301. The Hall–Kier alpha value is -1.53. The monoisotopic (exact) mass is 339 g/mol. The van der Waals surface area contributed by atoms with Gasteiger partial charge in [0.2, 0.25) is 11.8 Å². The number of nitrogens with zero attached hydrogens (tertiary/aromatic N) is 3. The first kappa shape index (κ1) is 16.8. The fraction of sp³-hybridized carbons (Fsp3) is 0.400. The second-order valence-corrected chi connectivity index (χ2v) is 6.93. The van der Waals surface area contributed by atoms with Crippen molar-refractivity contribution >= 4 is 29.3 Å². The molecule has 0 aliphatic heterocycles. The van der Waals surface area contributed by atoms with Crippen LogP contribution in [-0.2, 0) is 4.79 Å². The molecule has 7 heteroatoms. The van der Waals surface area contributed by atoms with E-state index in [1.807, 2.05) is 26.0 Å². The molecule has 0 aliphatic carbocycles. The summed E-state index contributed by atoms with van der Waals surface area (Å²) in [7, 11) is 3.48. The third kappa shape index (κ3) is 4.01. The lowest BCUT2D eigenvalue weighted by atomic mass is 10.1. The van der Waals surface area contributed by atoms with Gasteiger partial charge in [-0.2, -0.15) is 0 Å². The predicted molar refractivity (Wildman–Crippen MR) is 87.9 cm³/mol. The fourth-order valence-corrected chi connectivity index (χ4v) is 3.04. The molecule has 2 rings (SSSR count). The van der Waals surface area contributed by atoms with Gasteiger partial charge < -0.3 is 9.32 Å². The van der Waals surface area contributed by atoms with E-state index in [0.29, 0.717) is 16.1 Å². The first-order valence-electron chi connectivity index (χ1n) is 6.85. The van der Waals surface area contributed by atoms with Crippen molar-refractivity contribution in [2.24, 2.45) is 5.92 Å². The highest BCUT2D eigenvalue weighted by Crippen LogP contribution is 2.31. The van der Waals surface area contributed by atoms with Crippen LogP contribution in [-0.4, -0.2) is 40.3 Å². The summed E-state index contributed by atoms with van der Waals surface area (Å²) in [6, 6.07) is 7.20. The first-order valence-corrected chi connectivity index (χ1v) is 8.11. The molecule has 0 saturated carbocycles. The Labute approximate surface area is 139 Å². The van der Waals surface area contributed by atoms with Gasteiger partial charge in [-0.05, 0) is 24.1 Å². The number of benzene rings is 1. The molecular weight excluding hydrogens is 322 g/mol. The zero-order valence-electron chi connectivity index (χ0n) is 12.9. The maximum atomic E-state index is 12.2. The summed E-state index contributed by atoms with van der Waals surface area (Å²) in [5.74, 6) is 0.578. The molecule has 0 spiro atoms. The van der Waals surface area contributed by atoms with Gasteiger partial charge >= 0.3 is 0 Å². The Morgan fingerprint density at radius 3 is 2.64 bits per heavy atom. The van der Waals surface area contributed by atoms with Crippen LogP contribution in [0.2, 0.25) is 5.02 Å². The zero-order chi connectivity index (χ0) is 16.3. The van der Waals surface area contributed by atoms with E-state index >= 15 is 0 Å². The Morgan fingerprint density at radius 2 is 2.05 bits per heavy atom. The molecule has 118 valence electrons. The summed E-state index contributed by atoms with van der Waals surface area (Å²) in [4.78, 5) is 13.8. The van der Waals surface area contributed by atoms with E-state index < -0.39 is 0 Å². The van der Waals surface area contributed by atoms with Crippen LogP contribution in [0.3, 0.4) is 0 Å². The SMILES string of the molecule is CC(C)C(Sc1nnc(-c2cccc(Cl)c2)o1)C(=O)N(C)C. The van der Waals surface area contributed by atoms with Crippen molar-refractivity contribution in [3.05, 3.63) is 29.3 Å². The summed E-state index contributed by atoms with van der Waals surface area (Å²) in [6.45, 7) is 3.99. The van der Waals surface area contributed by atoms with Gasteiger partial charge in [0.25, 0.3) is 5.22 Å². The number of thioether (sulfide) groups is 1. The fourth-order valence-electron chi connectivity index (χ4n) is 1.83. The van der Waals surface area contributed by atoms with Crippen LogP contribution in [0.1, 0.15) is 13.8 Å². The molecule has 0 bridgehead atoms. The van der Waals surface area contributed by atoms with E-state index in [4.69, 9.17) is 16.0 Å². The minimum atomic E-state index is -0.261. The lowest BCUT2D eigenvalue weighted by Crippen LogP contribution is -2.34. The molecule has 0 radical (unpaired) electrons. The van der Waals surface area contributed by atoms with Gasteiger partial charge in [-0.1, -0.05) is 43.3 Å². The van der Waals surface area contributed by atoms with Crippen LogP contribution >= 0.6 is 23.4 Å². The predicted octanol–water partition coefficient (Wildman–Crippen LogP) is 3.59. The van der Waals surface area contributed by atoms with Gasteiger partial charge in [0, 0.05) is 24.7 Å². The van der Waals surface area contributed by atoms with E-state index in [2.05, 4.69) is 10.2 Å². The summed E-state index contributed by atoms with van der Waals surface area (Å²) >= 11 is 7.25. The number of hydrogen-bond acceptors (Lipinski definition) is 5. The normalized spacial score (nSPS) is 12.5. The molecule has 1 aromatic carbocycles. The molecule has 22 heavy (non-hydrogen) atoms. The first-order chi connectivity index (χ1) is 10.4. The van der Waals surface area contributed by atoms with Gasteiger partial charge in [0.1, 0.15) is 0 Å². The zero-order valence-corrected chi connectivity index (χ0v) is 14.5. The van der Waals surface area contributed by atoms with E-state index in [1.165, 1.54) is 11.8 Å². The minimum Gasteiger partial charge on any atom is -0.411 e. The molecular formula is C15H18ClN3O2S. The third-order valence-electron chi connectivity index (χ3n) is 3.00. The Bertz CT molecular complexity index is 658. The van der Waals surface area contributed by atoms with Crippen molar-refractivity contribution in [3.63, 3.8) is 0 Å². The van der Waals surface area contributed by atoms with E-state index in [0.717, 1.165) is 5.56 Å². The molecule has 5 nitrogen and oxygen atoms in total. The van der Waals surface area contributed by atoms with Gasteiger partial charge in [-0.25, -0.2) is 0 Å². The van der Waals surface area contributed by atoms with Crippen LogP contribution in [0.4, 0.5) is 0 Å². The summed E-state index contributed by atoms with van der Waals surface area (Å²) in [6.07, 6.45) is 0. The Balaban J connectivity index is 2.19. The number of rotatable bonds is 5. The van der Waals surface area contributed by atoms with Crippen LogP contribution < -0.4 is 0 Å².